The molecule has 1 nitrogen and oxygen atoms in total. The molecule has 2 heteroatoms. The summed E-state index contributed by atoms with van der Waals surface area (Å²) in [5.74, 6) is 0. The number of benzene rings is 2. The molecule has 0 heterocycles. The normalized spacial score (nSPS) is 10.3. The van der Waals surface area contributed by atoms with E-state index in [1.807, 2.05) is 18.2 Å². The Morgan fingerprint density at radius 2 is 1.59 bits per heavy atom. The molecular formula is C15H16BrN. The highest BCUT2D eigenvalue weighted by Crippen LogP contribution is 2.23. The Hall–Kier alpha value is -1.28. The first-order valence-electron chi connectivity index (χ1n) is 5.72. The summed E-state index contributed by atoms with van der Waals surface area (Å²) >= 11 is 3.54. The lowest BCUT2D eigenvalue weighted by atomic mass is 10.0. The van der Waals surface area contributed by atoms with Crippen molar-refractivity contribution in [1.29, 1.82) is 0 Å². The van der Waals surface area contributed by atoms with Crippen LogP contribution < -0.4 is 5.32 Å². The second kappa shape index (κ2) is 5.37. The predicted octanol–water partition coefficient (Wildman–Crippen LogP) is 4.68. The molecule has 0 radical (unpaired) electrons. The first-order chi connectivity index (χ1) is 8.18. The summed E-state index contributed by atoms with van der Waals surface area (Å²) in [5.41, 5.74) is 5.19. The van der Waals surface area contributed by atoms with Gasteiger partial charge in [-0.05, 0) is 58.6 Å². The van der Waals surface area contributed by atoms with Gasteiger partial charge in [-0.1, -0.05) is 30.3 Å². The minimum atomic E-state index is 0.862. The summed E-state index contributed by atoms with van der Waals surface area (Å²) in [6, 6.07) is 14.6. The number of hydrogen-bond donors (Lipinski definition) is 1. The fraction of sp³-hybridized carbons (Fsp3) is 0.200. The summed E-state index contributed by atoms with van der Waals surface area (Å²) in [4.78, 5) is 0. The quantitative estimate of drug-likeness (QED) is 0.865. The highest BCUT2D eigenvalue weighted by Gasteiger charge is 2.03. The molecule has 0 unspecified atom stereocenters. The number of aryl methyl sites for hydroxylation is 2. The number of halogens is 1. The minimum Gasteiger partial charge on any atom is -0.380 e. The maximum Gasteiger partial charge on any atom is 0.0487 e. The van der Waals surface area contributed by atoms with E-state index in [0.29, 0.717) is 0 Å². The third-order valence-electron chi connectivity index (χ3n) is 2.97. The lowest BCUT2D eigenvalue weighted by Crippen LogP contribution is -2.03. The van der Waals surface area contributed by atoms with Crippen LogP contribution in [0.2, 0.25) is 0 Å². The van der Waals surface area contributed by atoms with Gasteiger partial charge >= 0.3 is 0 Å². The van der Waals surface area contributed by atoms with Crippen LogP contribution in [0.25, 0.3) is 0 Å². The lowest BCUT2D eigenvalue weighted by molar-refractivity contribution is 1.09. The maximum atomic E-state index is 3.54. The third-order valence-corrected chi connectivity index (χ3v) is 3.67. The molecule has 17 heavy (non-hydrogen) atoms. The van der Waals surface area contributed by atoms with Gasteiger partial charge in [0.15, 0.2) is 0 Å². The highest BCUT2D eigenvalue weighted by atomic mass is 79.9. The zero-order valence-corrected chi connectivity index (χ0v) is 11.7. The molecule has 0 bridgehead atoms. The second-order valence-corrected chi connectivity index (χ2v) is 5.06. The summed E-state index contributed by atoms with van der Waals surface area (Å²) in [6.45, 7) is 5.18. The Morgan fingerprint density at radius 1 is 0.941 bits per heavy atom. The van der Waals surface area contributed by atoms with Crippen molar-refractivity contribution in [3.63, 3.8) is 0 Å². The highest BCUT2D eigenvalue weighted by molar-refractivity contribution is 9.10. The van der Waals surface area contributed by atoms with Gasteiger partial charge in [0, 0.05) is 16.7 Å². The number of nitrogens with one attached hydrogen (secondary N) is 1. The van der Waals surface area contributed by atoms with Crippen molar-refractivity contribution >= 4 is 21.6 Å². The standard InChI is InChI=1S/C15H16BrN/c1-11-6-5-7-12(2)13(11)10-17-15-9-4-3-8-14(15)16/h3-9,17H,10H2,1-2H3. The summed E-state index contributed by atoms with van der Waals surface area (Å²) < 4.78 is 1.10. The number of para-hydroxylation sites is 1. The lowest BCUT2D eigenvalue weighted by Gasteiger charge is -2.12. The Kier molecular flexibility index (Phi) is 3.85. The van der Waals surface area contributed by atoms with Crippen LogP contribution in [0, 0.1) is 13.8 Å². The van der Waals surface area contributed by atoms with Gasteiger partial charge in [0.2, 0.25) is 0 Å². The molecule has 0 aliphatic carbocycles. The fourth-order valence-corrected chi connectivity index (χ4v) is 2.34. The third kappa shape index (κ3) is 2.89. The first-order valence-corrected chi connectivity index (χ1v) is 6.51. The monoisotopic (exact) mass is 289 g/mol. The van der Waals surface area contributed by atoms with Crippen LogP contribution in [0.1, 0.15) is 16.7 Å². The number of rotatable bonds is 3. The fourth-order valence-electron chi connectivity index (χ4n) is 1.92. The zero-order chi connectivity index (χ0) is 12.3. The van der Waals surface area contributed by atoms with Crippen molar-refractivity contribution in [3.8, 4) is 0 Å². The van der Waals surface area contributed by atoms with Gasteiger partial charge < -0.3 is 5.32 Å². The van der Waals surface area contributed by atoms with Gasteiger partial charge in [-0.3, -0.25) is 0 Å². The van der Waals surface area contributed by atoms with Gasteiger partial charge in [-0.25, -0.2) is 0 Å². The van der Waals surface area contributed by atoms with E-state index < -0.39 is 0 Å². The SMILES string of the molecule is Cc1cccc(C)c1CNc1ccccc1Br. The molecule has 0 fully saturated rings. The molecule has 1 N–H and O–H groups in total. The average molecular weight is 290 g/mol. The Labute approximate surface area is 111 Å². The molecule has 0 saturated carbocycles. The molecule has 0 aliphatic rings. The van der Waals surface area contributed by atoms with Crippen molar-refractivity contribution in [2.45, 2.75) is 20.4 Å². The molecule has 2 aromatic carbocycles. The summed E-state index contributed by atoms with van der Waals surface area (Å²) in [6.07, 6.45) is 0. The van der Waals surface area contributed by atoms with E-state index in [4.69, 9.17) is 0 Å². The van der Waals surface area contributed by atoms with Crippen molar-refractivity contribution in [1.82, 2.24) is 0 Å². The van der Waals surface area contributed by atoms with E-state index in [1.165, 1.54) is 16.7 Å². The van der Waals surface area contributed by atoms with E-state index in [2.05, 4.69) is 59.4 Å². The van der Waals surface area contributed by atoms with Gasteiger partial charge in [-0.2, -0.15) is 0 Å². The Bertz CT molecular complexity index is 500. The number of hydrogen-bond acceptors (Lipinski definition) is 1. The Morgan fingerprint density at radius 3 is 2.24 bits per heavy atom. The van der Waals surface area contributed by atoms with Gasteiger partial charge in [0.05, 0.1) is 0 Å². The molecular weight excluding hydrogens is 274 g/mol. The van der Waals surface area contributed by atoms with Gasteiger partial charge in [-0.15, -0.1) is 0 Å². The molecule has 0 atom stereocenters. The van der Waals surface area contributed by atoms with Crippen LogP contribution in [-0.2, 0) is 6.54 Å². The van der Waals surface area contributed by atoms with E-state index >= 15 is 0 Å². The summed E-state index contributed by atoms with van der Waals surface area (Å²) in [5, 5.41) is 3.46. The topological polar surface area (TPSA) is 12.0 Å². The van der Waals surface area contributed by atoms with Crippen LogP contribution >= 0.6 is 15.9 Å². The Balaban J connectivity index is 2.16. The van der Waals surface area contributed by atoms with Crippen molar-refractivity contribution in [3.05, 3.63) is 63.6 Å². The van der Waals surface area contributed by atoms with E-state index in [0.717, 1.165) is 16.7 Å². The predicted molar refractivity (Wildman–Crippen MR) is 77.4 cm³/mol. The van der Waals surface area contributed by atoms with E-state index in [1.54, 1.807) is 0 Å². The molecule has 88 valence electrons. The molecule has 0 saturated heterocycles. The van der Waals surface area contributed by atoms with Crippen LogP contribution in [0.3, 0.4) is 0 Å². The van der Waals surface area contributed by atoms with Crippen molar-refractivity contribution < 1.29 is 0 Å². The smallest absolute Gasteiger partial charge is 0.0487 e. The molecule has 0 amide bonds. The van der Waals surface area contributed by atoms with Crippen molar-refractivity contribution in [2.75, 3.05) is 5.32 Å². The molecule has 2 rings (SSSR count). The van der Waals surface area contributed by atoms with Crippen LogP contribution in [-0.4, -0.2) is 0 Å². The first kappa shape index (κ1) is 12.2. The average Bonchev–Trinajstić information content (AvgIpc) is 2.30. The van der Waals surface area contributed by atoms with Crippen LogP contribution in [0.4, 0.5) is 5.69 Å². The zero-order valence-electron chi connectivity index (χ0n) is 10.1. The maximum absolute atomic E-state index is 3.54. The second-order valence-electron chi connectivity index (χ2n) is 4.20. The molecule has 0 aliphatic heterocycles. The number of anilines is 1. The van der Waals surface area contributed by atoms with Crippen molar-refractivity contribution in [2.24, 2.45) is 0 Å². The van der Waals surface area contributed by atoms with Gasteiger partial charge in [0.25, 0.3) is 0 Å². The molecule has 0 aromatic heterocycles. The van der Waals surface area contributed by atoms with E-state index in [9.17, 15) is 0 Å². The molecule has 0 spiro atoms. The van der Waals surface area contributed by atoms with Crippen LogP contribution in [0.15, 0.2) is 46.9 Å². The van der Waals surface area contributed by atoms with E-state index in [-0.39, 0.29) is 0 Å². The largest absolute Gasteiger partial charge is 0.380 e. The summed E-state index contributed by atoms with van der Waals surface area (Å²) in [7, 11) is 0. The van der Waals surface area contributed by atoms with Gasteiger partial charge in [0.1, 0.15) is 0 Å². The minimum absolute atomic E-state index is 0.862. The van der Waals surface area contributed by atoms with Crippen LogP contribution in [0.5, 0.6) is 0 Å². The molecule has 2 aromatic rings.